The molecule has 96 valence electrons. The molecule has 0 fully saturated rings. The number of halogens is 4. The van der Waals surface area contributed by atoms with E-state index in [0.717, 1.165) is 6.07 Å². The molecular formula is C11H9ClF3N3. The molecule has 2 aromatic rings. The average Bonchev–Trinajstić information content (AvgIpc) is 2.31. The highest BCUT2D eigenvalue weighted by Crippen LogP contribution is 2.35. The lowest BCUT2D eigenvalue weighted by Gasteiger charge is -2.13. The Balaban J connectivity index is 2.85. The molecule has 0 unspecified atom stereocenters. The van der Waals surface area contributed by atoms with Crippen molar-refractivity contribution in [2.24, 2.45) is 5.84 Å². The van der Waals surface area contributed by atoms with E-state index in [4.69, 9.17) is 17.4 Å². The Morgan fingerprint density at radius 3 is 2.56 bits per heavy atom. The Hall–Kier alpha value is -1.53. The van der Waals surface area contributed by atoms with Gasteiger partial charge in [0.05, 0.1) is 11.2 Å². The number of alkyl halides is 3. The van der Waals surface area contributed by atoms with Gasteiger partial charge in [0.15, 0.2) is 0 Å². The number of hydrogen-bond acceptors (Lipinski definition) is 3. The molecule has 0 spiro atoms. The Bertz CT molecular complexity index is 610. The molecule has 0 atom stereocenters. The summed E-state index contributed by atoms with van der Waals surface area (Å²) in [4.78, 5) is 3.61. The number of aryl methyl sites for hydroxylation is 1. The highest BCUT2D eigenvalue weighted by atomic mass is 35.5. The van der Waals surface area contributed by atoms with Crippen LogP contribution in [0.2, 0.25) is 5.02 Å². The molecule has 0 bridgehead atoms. The Morgan fingerprint density at radius 2 is 2.00 bits per heavy atom. The van der Waals surface area contributed by atoms with E-state index >= 15 is 0 Å². The van der Waals surface area contributed by atoms with Crippen LogP contribution in [0.5, 0.6) is 0 Å². The van der Waals surface area contributed by atoms with Crippen LogP contribution in [-0.4, -0.2) is 4.98 Å². The molecule has 0 aliphatic heterocycles. The van der Waals surface area contributed by atoms with E-state index in [1.54, 1.807) is 19.1 Å². The summed E-state index contributed by atoms with van der Waals surface area (Å²) >= 11 is 5.88. The summed E-state index contributed by atoms with van der Waals surface area (Å²) in [6.45, 7) is 1.61. The van der Waals surface area contributed by atoms with Crippen molar-refractivity contribution in [1.82, 2.24) is 4.98 Å². The van der Waals surface area contributed by atoms with E-state index in [2.05, 4.69) is 10.4 Å². The number of nitrogens with two attached hydrogens (primary N) is 1. The van der Waals surface area contributed by atoms with Gasteiger partial charge in [-0.1, -0.05) is 11.6 Å². The van der Waals surface area contributed by atoms with Crippen molar-refractivity contribution in [2.45, 2.75) is 13.1 Å². The lowest BCUT2D eigenvalue weighted by atomic mass is 10.1. The summed E-state index contributed by atoms with van der Waals surface area (Å²) in [6, 6.07) is 4.04. The van der Waals surface area contributed by atoms with Gasteiger partial charge in [0, 0.05) is 10.4 Å². The van der Waals surface area contributed by atoms with E-state index in [1.165, 1.54) is 0 Å². The van der Waals surface area contributed by atoms with Gasteiger partial charge in [0.1, 0.15) is 5.69 Å². The molecule has 0 radical (unpaired) electrons. The number of aromatic nitrogens is 1. The summed E-state index contributed by atoms with van der Waals surface area (Å²) in [5.74, 6) is 5.24. The van der Waals surface area contributed by atoms with Crippen LogP contribution in [0.15, 0.2) is 18.2 Å². The van der Waals surface area contributed by atoms with Gasteiger partial charge in [0.2, 0.25) is 0 Å². The number of benzene rings is 1. The van der Waals surface area contributed by atoms with Gasteiger partial charge in [-0.2, -0.15) is 13.2 Å². The molecular weight excluding hydrogens is 267 g/mol. The van der Waals surface area contributed by atoms with E-state index in [9.17, 15) is 13.2 Å². The van der Waals surface area contributed by atoms with Gasteiger partial charge in [-0.25, -0.2) is 4.98 Å². The van der Waals surface area contributed by atoms with Crippen LogP contribution in [0.25, 0.3) is 10.9 Å². The number of pyridine rings is 1. The molecule has 3 nitrogen and oxygen atoms in total. The summed E-state index contributed by atoms with van der Waals surface area (Å²) in [5.41, 5.74) is 2.07. The van der Waals surface area contributed by atoms with Crippen molar-refractivity contribution < 1.29 is 13.2 Å². The summed E-state index contributed by atoms with van der Waals surface area (Å²) in [6.07, 6.45) is -4.53. The molecule has 1 heterocycles. The van der Waals surface area contributed by atoms with Crippen molar-refractivity contribution in [2.75, 3.05) is 5.43 Å². The van der Waals surface area contributed by atoms with E-state index < -0.39 is 11.9 Å². The van der Waals surface area contributed by atoms with Gasteiger partial charge >= 0.3 is 6.18 Å². The number of nitrogen functional groups attached to an aromatic ring is 1. The van der Waals surface area contributed by atoms with Crippen LogP contribution in [0, 0.1) is 6.92 Å². The van der Waals surface area contributed by atoms with Crippen molar-refractivity contribution in [3.63, 3.8) is 0 Å². The number of hydrogen-bond donors (Lipinski definition) is 2. The second-order valence-electron chi connectivity index (χ2n) is 3.77. The van der Waals surface area contributed by atoms with Gasteiger partial charge in [-0.3, -0.25) is 5.84 Å². The first-order valence-corrected chi connectivity index (χ1v) is 5.36. The van der Waals surface area contributed by atoms with E-state index in [0.29, 0.717) is 16.0 Å². The fourth-order valence-corrected chi connectivity index (χ4v) is 1.82. The molecule has 1 aromatic carbocycles. The normalized spacial score (nSPS) is 11.9. The number of nitrogens with zero attached hydrogens (tertiary/aromatic N) is 1. The maximum atomic E-state index is 12.7. The summed E-state index contributed by atoms with van der Waals surface area (Å²) in [5, 5.41) is 0.852. The van der Waals surface area contributed by atoms with Crippen molar-refractivity contribution in [3.05, 3.63) is 34.5 Å². The Kier molecular flexibility index (Phi) is 3.08. The Labute approximate surface area is 106 Å². The third kappa shape index (κ3) is 2.09. The molecule has 0 saturated heterocycles. The van der Waals surface area contributed by atoms with E-state index in [1.807, 2.05) is 0 Å². The fourth-order valence-electron chi connectivity index (χ4n) is 1.67. The molecule has 7 heteroatoms. The van der Waals surface area contributed by atoms with E-state index in [-0.39, 0.29) is 11.2 Å². The lowest BCUT2D eigenvalue weighted by Crippen LogP contribution is -2.13. The molecule has 0 aliphatic carbocycles. The van der Waals surface area contributed by atoms with Crippen LogP contribution < -0.4 is 11.3 Å². The van der Waals surface area contributed by atoms with Crippen LogP contribution in [-0.2, 0) is 6.18 Å². The number of rotatable bonds is 1. The lowest BCUT2D eigenvalue weighted by molar-refractivity contribution is -0.140. The largest absolute Gasteiger partial charge is 0.433 e. The Morgan fingerprint density at radius 1 is 1.33 bits per heavy atom. The highest BCUT2D eigenvalue weighted by molar-refractivity contribution is 6.32. The van der Waals surface area contributed by atoms with Crippen LogP contribution in [0.4, 0.5) is 18.9 Å². The quantitative estimate of drug-likeness (QED) is 0.619. The number of fused-ring (bicyclic) bond motifs is 1. The second-order valence-corrected chi connectivity index (χ2v) is 4.17. The topological polar surface area (TPSA) is 50.9 Å². The minimum absolute atomic E-state index is 0.159. The fraction of sp³-hybridized carbons (Fsp3) is 0.182. The minimum Gasteiger partial charge on any atom is -0.323 e. The predicted octanol–water partition coefficient (Wildman–Crippen LogP) is 3.50. The first-order chi connectivity index (χ1) is 8.34. The first kappa shape index (κ1) is 12.9. The average molecular weight is 276 g/mol. The number of anilines is 1. The first-order valence-electron chi connectivity index (χ1n) is 4.98. The molecule has 2 rings (SSSR count). The summed E-state index contributed by atoms with van der Waals surface area (Å²) < 4.78 is 38.1. The van der Waals surface area contributed by atoms with Crippen LogP contribution in [0.3, 0.4) is 0 Å². The zero-order valence-electron chi connectivity index (χ0n) is 9.27. The van der Waals surface area contributed by atoms with Gasteiger partial charge < -0.3 is 5.43 Å². The third-order valence-corrected chi connectivity index (χ3v) is 3.02. The van der Waals surface area contributed by atoms with Gasteiger partial charge in [0.25, 0.3) is 0 Å². The van der Waals surface area contributed by atoms with Crippen molar-refractivity contribution in [1.29, 1.82) is 0 Å². The molecule has 0 amide bonds. The third-order valence-electron chi connectivity index (χ3n) is 2.61. The van der Waals surface area contributed by atoms with Crippen LogP contribution >= 0.6 is 11.6 Å². The SMILES string of the molecule is Cc1c(Cl)ccc2c(NN)cc(C(F)(F)F)nc12. The van der Waals surface area contributed by atoms with Crippen molar-refractivity contribution >= 4 is 28.2 Å². The molecule has 0 saturated carbocycles. The molecule has 1 aromatic heterocycles. The number of hydrazine groups is 1. The smallest absolute Gasteiger partial charge is 0.323 e. The monoisotopic (exact) mass is 275 g/mol. The van der Waals surface area contributed by atoms with Gasteiger partial charge in [-0.05, 0) is 30.7 Å². The minimum atomic E-state index is -4.53. The maximum Gasteiger partial charge on any atom is 0.433 e. The number of nitrogens with one attached hydrogen (secondary N) is 1. The second kappa shape index (κ2) is 4.29. The van der Waals surface area contributed by atoms with Crippen LogP contribution in [0.1, 0.15) is 11.3 Å². The standard InChI is InChI=1S/C11H9ClF3N3/c1-5-7(12)3-2-6-8(18-16)4-9(11(13,14)15)17-10(5)6/h2-4H,16H2,1H3,(H,17,18). The van der Waals surface area contributed by atoms with Gasteiger partial charge in [-0.15, -0.1) is 0 Å². The highest BCUT2D eigenvalue weighted by Gasteiger charge is 2.33. The molecule has 0 aliphatic rings. The zero-order valence-corrected chi connectivity index (χ0v) is 10.0. The summed E-state index contributed by atoms with van der Waals surface area (Å²) in [7, 11) is 0. The zero-order chi connectivity index (χ0) is 13.5. The molecule has 18 heavy (non-hydrogen) atoms. The predicted molar refractivity (Wildman–Crippen MR) is 64.3 cm³/mol. The van der Waals surface area contributed by atoms with Crippen molar-refractivity contribution in [3.8, 4) is 0 Å². The molecule has 3 N–H and O–H groups in total. The maximum absolute atomic E-state index is 12.7.